The SMILES string of the molecule is CC1=CC(=O)C2=C(C1=O)[C@@H](c1c(O)ccc3ccccc13)C1=CC[C@@H]3C(=O)N(c4ccc(I)cc4)C(=O)[C@@H]3[C@@H]1C2. The van der Waals surface area contributed by atoms with Gasteiger partial charge < -0.3 is 5.11 Å². The normalized spacial score (nSPS) is 26.0. The molecule has 1 aliphatic heterocycles. The van der Waals surface area contributed by atoms with E-state index in [1.807, 2.05) is 48.5 Å². The molecule has 1 saturated heterocycles. The van der Waals surface area contributed by atoms with Crippen molar-refractivity contribution in [3.8, 4) is 5.75 Å². The number of nitrogens with zero attached hydrogens (tertiary/aromatic N) is 1. The lowest BCUT2D eigenvalue weighted by Crippen LogP contribution is -2.40. The lowest BCUT2D eigenvalue weighted by molar-refractivity contribution is -0.123. The Morgan fingerprint density at radius 1 is 0.900 bits per heavy atom. The molecule has 0 radical (unpaired) electrons. The van der Waals surface area contributed by atoms with Gasteiger partial charge in [0.25, 0.3) is 0 Å². The van der Waals surface area contributed by atoms with Gasteiger partial charge in [0.15, 0.2) is 11.6 Å². The Morgan fingerprint density at radius 2 is 1.65 bits per heavy atom. The number of carbonyl (C=O) groups excluding carboxylic acids is 4. The number of phenolic OH excluding ortho intramolecular Hbond substituents is 1. The fourth-order valence-electron chi connectivity index (χ4n) is 7.12. The second-order valence-electron chi connectivity index (χ2n) is 10.9. The maximum Gasteiger partial charge on any atom is 0.238 e. The van der Waals surface area contributed by atoms with E-state index in [1.165, 1.54) is 11.0 Å². The summed E-state index contributed by atoms with van der Waals surface area (Å²) in [6.07, 6.45) is 3.91. The van der Waals surface area contributed by atoms with Gasteiger partial charge in [-0.15, -0.1) is 0 Å². The number of amides is 2. The van der Waals surface area contributed by atoms with E-state index in [4.69, 9.17) is 0 Å². The van der Waals surface area contributed by atoms with Gasteiger partial charge in [-0.3, -0.25) is 24.1 Å². The van der Waals surface area contributed by atoms with Crippen molar-refractivity contribution in [2.24, 2.45) is 17.8 Å². The smallest absolute Gasteiger partial charge is 0.238 e. The first-order valence-corrected chi connectivity index (χ1v) is 14.4. The number of halogens is 1. The van der Waals surface area contributed by atoms with Crippen LogP contribution in [0.15, 0.2) is 95.1 Å². The Morgan fingerprint density at radius 3 is 2.42 bits per heavy atom. The number of phenols is 1. The van der Waals surface area contributed by atoms with Gasteiger partial charge in [0.2, 0.25) is 11.8 Å². The summed E-state index contributed by atoms with van der Waals surface area (Å²) < 4.78 is 0.995. The average Bonchev–Trinajstić information content (AvgIpc) is 3.21. The van der Waals surface area contributed by atoms with Crippen LogP contribution >= 0.6 is 22.6 Å². The molecule has 3 aromatic rings. The first kappa shape index (κ1) is 25.1. The second-order valence-corrected chi connectivity index (χ2v) is 12.2. The summed E-state index contributed by atoms with van der Waals surface area (Å²) in [6, 6.07) is 18.4. The Kier molecular flexibility index (Phi) is 5.71. The zero-order chi connectivity index (χ0) is 27.9. The average molecular weight is 641 g/mol. The van der Waals surface area contributed by atoms with Gasteiger partial charge in [0.05, 0.1) is 17.5 Å². The lowest BCUT2D eigenvalue weighted by atomic mass is 9.59. The zero-order valence-electron chi connectivity index (χ0n) is 21.6. The second kappa shape index (κ2) is 9.09. The van der Waals surface area contributed by atoms with Crippen molar-refractivity contribution in [1.82, 2.24) is 0 Å². The molecule has 4 aliphatic rings. The summed E-state index contributed by atoms with van der Waals surface area (Å²) in [6.45, 7) is 1.64. The van der Waals surface area contributed by atoms with E-state index in [2.05, 4.69) is 22.6 Å². The van der Waals surface area contributed by atoms with Crippen LogP contribution in [0.25, 0.3) is 10.8 Å². The molecule has 0 spiro atoms. The predicted molar refractivity (Wildman–Crippen MR) is 159 cm³/mol. The fraction of sp³-hybridized carbons (Fsp3) is 0.212. The Balaban J connectivity index is 1.42. The highest BCUT2D eigenvalue weighted by Gasteiger charge is 2.57. The summed E-state index contributed by atoms with van der Waals surface area (Å²) in [5.74, 6) is -3.30. The third-order valence-electron chi connectivity index (χ3n) is 8.89. The monoisotopic (exact) mass is 641 g/mol. The Hall–Kier alpha value is -3.85. The number of hydrogen-bond acceptors (Lipinski definition) is 5. The number of Topliss-reactive ketones (excluding diaryl/α,β-unsaturated/α-hetero) is 1. The van der Waals surface area contributed by atoms with Gasteiger partial charge in [0, 0.05) is 31.8 Å². The number of fused-ring (bicyclic) bond motifs is 4. The molecule has 198 valence electrons. The van der Waals surface area contributed by atoms with E-state index < -0.39 is 23.7 Å². The molecular weight excluding hydrogens is 617 g/mol. The molecule has 1 heterocycles. The van der Waals surface area contributed by atoms with E-state index in [1.54, 1.807) is 25.1 Å². The number of rotatable bonds is 2. The third-order valence-corrected chi connectivity index (χ3v) is 9.61. The maximum atomic E-state index is 14.0. The molecule has 0 unspecified atom stereocenters. The van der Waals surface area contributed by atoms with Crippen molar-refractivity contribution < 1.29 is 24.3 Å². The highest BCUT2D eigenvalue weighted by atomic mass is 127. The molecule has 7 rings (SSSR count). The van der Waals surface area contributed by atoms with Gasteiger partial charge in [0.1, 0.15) is 5.75 Å². The summed E-state index contributed by atoms with van der Waals surface area (Å²) in [5, 5.41) is 12.9. The molecule has 1 fully saturated rings. The van der Waals surface area contributed by atoms with Gasteiger partial charge >= 0.3 is 0 Å². The summed E-state index contributed by atoms with van der Waals surface area (Å²) in [5.41, 5.74) is 3.04. The first-order chi connectivity index (χ1) is 19.3. The summed E-state index contributed by atoms with van der Waals surface area (Å²) >= 11 is 2.18. The molecule has 2 amide bonds. The predicted octanol–water partition coefficient (Wildman–Crippen LogP) is 5.78. The van der Waals surface area contributed by atoms with Crippen LogP contribution in [0.5, 0.6) is 5.75 Å². The standard InChI is InChI=1S/C33H24INO5/c1-16-14-26(37)24-15-23-21(11-12-22-27(23)33(40)35(32(22)39)19-9-7-18(34)8-10-19)29(30(24)31(16)38)28-20-5-3-2-4-17(20)6-13-25(28)36/h2-11,13-14,22-23,27,29,36H,12,15H2,1H3/t22-,23+,27-,29+/m0/s1. The van der Waals surface area contributed by atoms with E-state index in [-0.39, 0.29) is 35.6 Å². The molecule has 6 nitrogen and oxygen atoms in total. The number of carbonyl (C=O) groups is 4. The van der Waals surface area contributed by atoms with Crippen LogP contribution in [0.1, 0.15) is 31.2 Å². The molecule has 0 saturated carbocycles. The number of anilines is 1. The first-order valence-electron chi connectivity index (χ1n) is 13.3. The van der Waals surface area contributed by atoms with E-state index >= 15 is 0 Å². The van der Waals surface area contributed by atoms with Crippen molar-refractivity contribution in [3.05, 3.63) is 104 Å². The topological polar surface area (TPSA) is 91.8 Å². The van der Waals surface area contributed by atoms with Crippen molar-refractivity contribution in [2.75, 3.05) is 4.90 Å². The minimum absolute atomic E-state index is 0.0287. The number of allylic oxidation sites excluding steroid dienone is 6. The molecule has 3 aromatic carbocycles. The van der Waals surface area contributed by atoms with Crippen LogP contribution in [0.4, 0.5) is 5.69 Å². The van der Waals surface area contributed by atoms with Crippen LogP contribution in [0.2, 0.25) is 0 Å². The molecule has 3 aliphatic carbocycles. The van der Waals surface area contributed by atoms with Crippen LogP contribution in [-0.2, 0) is 19.2 Å². The summed E-state index contributed by atoms with van der Waals surface area (Å²) in [4.78, 5) is 56.0. The maximum absolute atomic E-state index is 14.0. The molecule has 4 atom stereocenters. The minimum Gasteiger partial charge on any atom is -0.508 e. The third kappa shape index (κ3) is 3.53. The largest absolute Gasteiger partial charge is 0.508 e. The Bertz CT molecular complexity index is 1780. The van der Waals surface area contributed by atoms with Crippen LogP contribution in [0.3, 0.4) is 0 Å². The van der Waals surface area contributed by atoms with Crippen molar-refractivity contribution in [2.45, 2.75) is 25.7 Å². The van der Waals surface area contributed by atoms with Gasteiger partial charge in [-0.2, -0.15) is 0 Å². The minimum atomic E-state index is -0.698. The lowest BCUT2D eigenvalue weighted by Gasteiger charge is -2.42. The molecule has 0 bridgehead atoms. The van der Waals surface area contributed by atoms with E-state index in [9.17, 15) is 24.3 Å². The Labute approximate surface area is 244 Å². The summed E-state index contributed by atoms with van der Waals surface area (Å²) in [7, 11) is 0. The van der Waals surface area contributed by atoms with Gasteiger partial charge in [-0.05, 0) is 95.5 Å². The van der Waals surface area contributed by atoms with Gasteiger partial charge in [-0.1, -0.05) is 42.0 Å². The number of benzene rings is 3. The molecule has 1 N–H and O–H groups in total. The highest BCUT2D eigenvalue weighted by molar-refractivity contribution is 14.1. The quantitative estimate of drug-likeness (QED) is 0.166. The number of imide groups is 1. The van der Waals surface area contributed by atoms with Gasteiger partial charge in [-0.25, -0.2) is 0 Å². The van der Waals surface area contributed by atoms with Crippen molar-refractivity contribution >= 4 is 62.4 Å². The molecular formula is C33H24INO5. The van der Waals surface area contributed by atoms with E-state index in [0.29, 0.717) is 34.4 Å². The molecule has 0 aromatic heterocycles. The van der Waals surface area contributed by atoms with Crippen molar-refractivity contribution in [3.63, 3.8) is 0 Å². The van der Waals surface area contributed by atoms with Crippen LogP contribution in [-0.4, -0.2) is 28.5 Å². The van der Waals surface area contributed by atoms with Crippen LogP contribution in [0, 0.1) is 21.3 Å². The van der Waals surface area contributed by atoms with Crippen molar-refractivity contribution in [1.29, 1.82) is 0 Å². The zero-order valence-corrected chi connectivity index (χ0v) is 23.7. The highest BCUT2D eigenvalue weighted by Crippen LogP contribution is 2.57. The fourth-order valence-corrected chi connectivity index (χ4v) is 7.48. The van der Waals surface area contributed by atoms with Crippen LogP contribution < -0.4 is 4.90 Å². The molecule has 40 heavy (non-hydrogen) atoms. The van der Waals surface area contributed by atoms with E-state index in [0.717, 1.165) is 19.9 Å². The number of ketones is 2. The number of hydrogen-bond donors (Lipinski definition) is 1. The molecule has 7 heteroatoms. The number of aromatic hydroxyl groups is 1.